The number of rotatable bonds is 7. The Balaban J connectivity index is 1.40. The molecule has 0 radical (unpaired) electrons. The molecule has 4 aromatic rings. The van der Waals surface area contributed by atoms with E-state index >= 15 is 0 Å². The molecule has 180 valence electrons. The summed E-state index contributed by atoms with van der Waals surface area (Å²) < 4.78 is 1.79. The highest BCUT2D eigenvalue weighted by Crippen LogP contribution is 2.40. The monoisotopic (exact) mass is 547 g/mol. The van der Waals surface area contributed by atoms with Gasteiger partial charge in [-0.25, -0.2) is 10.4 Å². The fourth-order valence-corrected chi connectivity index (χ4v) is 5.21. The Hall–Kier alpha value is -3.18. The number of aromatic hydroxyl groups is 1. The Bertz CT molecular complexity index is 1440. The first kappa shape index (κ1) is 24.9. The highest BCUT2D eigenvalue weighted by Gasteiger charge is 2.17. The molecule has 0 saturated heterocycles. The van der Waals surface area contributed by atoms with E-state index in [1.807, 2.05) is 13.2 Å². The van der Waals surface area contributed by atoms with Crippen molar-refractivity contribution in [1.82, 2.24) is 20.3 Å². The molecule has 2 amide bonds. The maximum atomic E-state index is 12.5. The maximum Gasteiger partial charge on any atom is 0.281 e. The molecular formula is C23H19Cl2N5O3S2. The van der Waals surface area contributed by atoms with Crippen LogP contribution in [0.25, 0.3) is 10.4 Å². The number of carbonyl (C=O) groups excluding carboxylic acids is 2. The number of thiophene rings is 2. The average Bonchev–Trinajstić information content (AvgIpc) is 3.57. The molecule has 1 aromatic carbocycles. The van der Waals surface area contributed by atoms with Crippen molar-refractivity contribution in [3.8, 4) is 16.2 Å². The van der Waals surface area contributed by atoms with Gasteiger partial charge < -0.3 is 15.0 Å². The molecule has 0 saturated carbocycles. The van der Waals surface area contributed by atoms with E-state index < -0.39 is 5.91 Å². The van der Waals surface area contributed by atoms with E-state index in [1.165, 1.54) is 11.3 Å². The van der Waals surface area contributed by atoms with Crippen LogP contribution in [0.1, 0.15) is 37.5 Å². The van der Waals surface area contributed by atoms with Crippen molar-refractivity contribution in [3.05, 3.63) is 79.3 Å². The molecule has 35 heavy (non-hydrogen) atoms. The number of amides is 2. The molecule has 0 spiro atoms. The predicted molar refractivity (Wildman–Crippen MR) is 140 cm³/mol. The fraction of sp³-hybridized carbons (Fsp3) is 0.130. The van der Waals surface area contributed by atoms with E-state index in [4.69, 9.17) is 23.2 Å². The average molecular weight is 548 g/mol. The van der Waals surface area contributed by atoms with Gasteiger partial charge in [0, 0.05) is 18.6 Å². The molecule has 0 aliphatic carbocycles. The lowest BCUT2D eigenvalue weighted by Crippen LogP contribution is -2.22. The largest absolute Gasteiger partial charge is 0.506 e. The molecule has 0 aliphatic rings. The standard InChI is InChI=1S/C23H19Cl2N5O3S2/c1-12(15-10-34-21(20(15)31)13-3-4-16(24)17(25)7-13)28-29-23(33)19-6-5-18(35-19)22(32)26-8-14-9-30(2)11-27-14/h3-7,9-11,31H,8H2,1-2H3,(H,26,32)(H,29,33). The lowest BCUT2D eigenvalue weighted by atomic mass is 10.1. The number of aryl methyl sites for hydroxylation is 1. The summed E-state index contributed by atoms with van der Waals surface area (Å²) in [4.78, 5) is 30.4. The summed E-state index contributed by atoms with van der Waals surface area (Å²) in [6, 6.07) is 8.24. The number of nitrogens with one attached hydrogen (secondary N) is 2. The van der Waals surface area contributed by atoms with Crippen LogP contribution in [0, 0.1) is 0 Å². The minimum Gasteiger partial charge on any atom is -0.506 e. The zero-order valence-electron chi connectivity index (χ0n) is 18.5. The van der Waals surface area contributed by atoms with Gasteiger partial charge in [0.25, 0.3) is 11.8 Å². The van der Waals surface area contributed by atoms with E-state index in [0.717, 1.165) is 22.6 Å². The number of imidazole rings is 1. The van der Waals surface area contributed by atoms with Crippen molar-refractivity contribution < 1.29 is 14.7 Å². The quantitative estimate of drug-likeness (QED) is 0.215. The zero-order chi connectivity index (χ0) is 25.1. The lowest BCUT2D eigenvalue weighted by Gasteiger charge is -2.04. The molecule has 0 atom stereocenters. The van der Waals surface area contributed by atoms with Gasteiger partial charge in [-0.1, -0.05) is 29.3 Å². The van der Waals surface area contributed by atoms with Gasteiger partial charge in [0.2, 0.25) is 0 Å². The van der Waals surface area contributed by atoms with Crippen LogP contribution in [0.3, 0.4) is 0 Å². The second-order valence-electron chi connectivity index (χ2n) is 7.47. The molecule has 0 bridgehead atoms. The number of hydrogen-bond acceptors (Lipinski definition) is 7. The second-order valence-corrected chi connectivity index (χ2v) is 10.2. The number of hydrazone groups is 1. The molecule has 0 aliphatic heterocycles. The fourth-order valence-electron chi connectivity index (χ4n) is 3.10. The van der Waals surface area contributed by atoms with Crippen molar-refractivity contribution in [3.63, 3.8) is 0 Å². The van der Waals surface area contributed by atoms with Crippen molar-refractivity contribution >= 4 is 63.4 Å². The van der Waals surface area contributed by atoms with Gasteiger partial charge >= 0.3 is 0 Å². The van der Waals surface area contributed by atoms with Crippen molar-refractivity contribution in [2.45, 2.75) is 13.5 Å². The highest BCUT2D eigenvalue weighted by atomic mass is 35.5. The van der Waals surface area contributed by atoms with Gasteiger partial charge in [0.1, 0.15) is 5.75 Å². The van der Waals surface area contributed by atoms with E-state index in [-0.39, 0.29) is 18.2 Å². The summed E-state index contributed by atoms with van der Waals surface area (Å²) >= 11 is 14.4. The molecule has 12 heteroatoms. The van der Waals surface area contributed by atoms with Gasteiger partial charge in [-0.3, -0.25) is 9.59 Å². The Morgan fingerprint density at radius 2 is 1.89 bits per heavy atom. The smallest absolute Gasteiger partial charge is 0.281 e. The minimum atomic E-state index is -0.461. The molecular weight excluding hydrogens is 529 g/mol. The van der Waals surface area contributed by atoms with Crippen molar-refractivity contribution in [2.75, 3.05) is 0 Å². The van der Waals surface area contributed by atoms with Gasteiger partial charge in [-0.15, -0.1) is 22.7 Å². The first-order chi connectivity index (χ1) is 16.7. The molecule has 3 aromatic heterocycles. The Morgan fingerprint density at radius 3 is 2.57 bits per heavy atom. The Labute approximate surface area is 218 Å². The van der Waals surface area contributed by atoms with Gasteiger partial charge in [-0.05, 0) is 36.8 Å². The number of aromatic nitrogens is 2. The van der Waals surface area contributed by atoms with Gasteiger partial charge in [-0.2, -0.15) is 5.10 Å². The number of halogens is 2. The summed E-state index contributed by atoms with van der Waals surface area (Å²) in [5.41, 5.74) is 4.83. The van der Waals surface area contributed by atoms with Crippen LogP contribution in [-0.4, -0.2) is 32.2 Å². The lowest BCUT2D eigenvalue weighted by molar-refractivity contribution is 0.0949. The van der Waals surface area contributed by atoms with Gasteiger partial charge in [0.15, 0.2) is 0 Å². The van der Waals surface area contributed by atoms with Crippen LogP contribution in [0.4, 0.5) is 0 Å². The molecule has 8 nitrogen and oxygen atoms in total. The SMILES string of the molecule is CC(=NNC(=O)c1ccc(C(=O)NCc2cn(C)cn2)s1)c1csc(-c2ccc(Cl)c(Cl)c2)c1O. The van der Waals surface area contributed by atoms with Crippen LogP contribution in [0.15, 0.2) is 53.3 Å². The Kier molecular flexibility index (Phi) is 7.56. The summed E-state index contributed by atoms with van der Waals surface area (Å²) in [5.74, 6) is -0.721. The highest BCUT2D eigenvalue weighted by molar-refractivity contribution is 7.16. The molecule has 0 unspecified atom stereocenters. The van der Waals surface area contributed by atoms with Crippen molar-refractivity contribution in [2.24, 2.45) is 12.1 Å². The summed E-state index contributed by atoms with van der Waals surface area (Å²) in [7, 11) is 1.85. The topological polar surface area (TPSA) is 109 Å². The predicted octanol–water partition coefficient (Wildman–Crippen LogP) is 5.31. The summed E-state index contributed by atoms with van der Waals surface area (Å²) in [6.45, 7) is 1.96. The van der Waals surface area contributed by atoms with Crippen LogP contribution in [-0.2, 0) is 13.6 Å². The van der Waals surface area contributed by atoms with Crippen molar-refractivity contribution in [1.29, 1.82) is 0 Å². The molecule has 4 rings (SSSR count). The first-order valence-electron chi connectivity index (χ1n) is 10.2. The minimum absolute atomic E-state index is 0.0341. The van der Waals surface area contributed by atoms with Crippen LogP contribution in [0.2, 0.25) is 10.0 Å². The number of benzene rings is 1. The zero-order valence-corrected chi connectivity index (χ0v) is 21.6. The summed E-state index contributed by atoms with van der Waals surface area (Å²) in [5, 5.41) is 20.1. The van der Waals surface area contributed by atoms with E-state index in [0.29, 0.717) is 36.0 Å². The number of nitrogens with zero attached hydrogens (tertiary/aromatic N) is 3. The summed E-state index contributed by atoms with van der Waals surface area (Å²) in [6.07, 6.45) is 3.47. The number of hydrogen-bond donors (Lipinski definition) is 3. The Morgan fingerprint density at radius 1 is 1.14 bits per heavy atom. The van der Waals surface area contributed by atoms with Gasteiger partial charge in [0.05, 0.1) is 54.5 Å². The normalized spacial score (nSPS) is 11.5. The van der Waals surface area contributed by atoms with Crippen LogP contribution >= 0.6 is 45.9 Å². The molecule has 3 heterocycles. The van der Waals surface area contributed by atoms with E-state index in [2.05, 4.69) is 20.8 Å². The molecule has 3 N–H and O–H groups in total. The van der Waals surface area contributed by atoms with E-state index in [9.17, 15) is 14.7 Å². The first-order valence-corrected chi connectivity index (χ1v) is 12.6. The third kappa shape index (κ3) is 5.73. The van der Waals surface area contributed by atoms with Crippen LogP contribution < -0.4 is 10.7 Å². The maximum absolute atomic E-state index is 12.5. The van der Waals surface area contributed by atoms with E-state index in [1.54, 1.807) is 53.5 Å². The third-order valence-corrected chi connectivity index (χ3v) is 7.74. The second kappa shape index (κ2) is 10.6. The third-order valence-electron chi connectivity index (χ3n) is 4.90. The number of carbonyl (C=O) groups is 2. The van der Waals surface area contributed by atoms with Crippen LogP contribution in [0.5, 0.6) is 5.75 Å². The molecule has 0 fully saturated rings.